The Balaban J connectivity index is 2.11. The van der Waals surface area contributed by atoms with Crippen molar-refractivity contribution in [1.29, 1.82) is 0 Å². The van der Waals surface area contributed by atoms with Gasteiger partial charge in [0.25, 0.3) is 0 Å². The number of hydrogen-bond donors (Lipinski definition) is 1. The number of thiazole rings is 1. The molecule has 0 spiro atoms. The highest BCUT2D eigenvalue weighted by molar-refractivity contribution is 7.15. The number of nitrogens with one attached hydrogen (secondary N) is 1. The molecule has 0 aromatic carbocycles. The summed E-state index contributed by atoms with van der Waals surface area (Å²) in [4.78, 5) is 7.99. The van der Waals surface area contributed by atoms with Gasteiger partial charge < -0.3 is 15.0 Å². The second-order valence-corrected chi connectivity index (χ2v) is 6.45. The van der Waals surface area contributed by atoms with Crippen LogP contribution in [-0.2, 0) is 11.3 Å². The van der Waals surface area contributed by atoms with Crippen LogP contribution in [-0.4, -0.2) is 42.7 Å². The average molecular weight is 310 g/mol. The molecule has 0 amide bonds. The molecule has 2 aromatic heterocycles. The fraction of sp³-hybridized carbons (Fsp3) is 0.667. The molecule has 6 heteroatoms. The Morgan fingerprint density at radius 1 is 1.48 bits per heavy atom. The number of rotatable bonds is 9. The highest BCUT2D eigenvalue weighted by atomic mass is 32.1. The van der Waals surface area contributed by atoms with Crippen LogP contribution in [0, 0.1) is 5.92 Å². The second kappa shape index (κ2) is 7.77. The largest absolute Gasteiger partial charge is 0.380 e. The lowest BCUT2D eigenvalue weighted by Crippen LogP contribution is -2.26. The first-order chi connectivity index (χ1) is 10.1. The third-order valence-electron chi connectivity index (χ3n) is 3.32. The van der Waals surface area contributed by atoms with Gasteiger partial charge in [0.1, 0.15) is 0 Å². The maximum absolute atomic E-state index is 5.44. The minimum atomic E-state index is 0.648. The fourth-order valence-corrected chi connectivity index (χ4v) is 2.95. The van der Waals surface area contributed by atoms with Crippen LogP contribution in [0.5, 0.6) is 0 Å². The molecule has 0 aliphatic heterocycles. The molecule has 2 rings (SSSR count). The zero-order valence-electron chi connectivity index (χ0n) is 13.4. The van der Waals surface area contributed by atoms with E-state index in [-0.39, 0.29) is 0 Å². The van der Waals surface area contributed by atoms with Gasteiger partial charge in [0, 0.05) is 38.3 Å². The molecule has 0 unspecified atom stereocenters. The third-order valence-corrected chi connectivity index (χ3v) is 4.08. The van der Waals surface area contributed by atoms with E-state index in [4.69, 9.17) is 9.72 Å². The Morgan fingerprint density at radius 3 is 3.00 bits per heavy atom. The van der Waals surface area contributed by atoms with Crippen molar-refractivity contribution >= 4 is 22.1 Å². The van der Waals surface area contributed by atoms with Crippen molar-refractivity contribution in [2.45, 2.75) is 27.3 Å². The third kappa shape index (κ3) is 4.18. The number of ether oxygens (including phenoxy) is 1. The first-order valence-electron chi connectivity index (χ1n) is 7.57. The van der Waals surface area contributed by atoms with Gasteiger partial charge in [0.2, 0.25) is 0 Å². The molecule has 0 atom stereocenters. The number of likely N-dealkylation sites (N-methyl/N-ethyl adjacent to an activating group) is 1. The molecule has 2 heterocycles. The highest BCUT2D eigenvalue weighted by Gasteiger charge is 2.16. The number of imidazole rings is 1. The van der Waals surface area contributed by atoms with E-state index in [1.807, 2.05) is 6.92 Å². The maximum Gasteiger partial charge on any atom is 0.195 e. The standard InChI is InChI=1S/C15H26N4OS/c1-5-20-8-6-18(4)14-13(11-16-10-12(2)3)19-7-9-21-15(19)17-14/h7,9,12,16H,5-6,8,10-11H2,1-4H3. The van der Waals surface area contributed by atoms with Crippen molar-refractivity contribution < 1.29 is 4.74 Å². The van der Waals surface area contributed by atoms with Crippen molar-refractivity contribution in [3.8, 4) is 0 Å². The molecule has 2 aromatic rings. The molecule has 0 saturated heterocycles. The average Bonchev–Trinajstić information content (AvgIpc) is 3.00. The molecule has 0 saturated carbocycles. The number of fused-ring (bicyclic) bond motifs is 1. The van der Waals surface area contributed by atoms with E-state index in [1.165, 1.54) is 5.69 Å². The monoisotopic (exact) mass is 310 g/mol. The zero-order chi connectivity index (χ0) is 15.2. The number of hydrogen-bond acceptors (Lipinski definition) is 5. The molecular weight excluding hydrogens is 284 g/mol. The topological polar surface area (TPSA) is 41.8 Å². The fourth-order valence-electron chi connectivity index (χ4n) is 2.22. The van der Waals surface area contributed by atoms with Crippen LogP contribution in [0.25, 0.3) is 4.96 Å². The Bertz CT molecular complexity index is 549. The summed E-state index contributed by atoms with van der Waals surface area (Å²) in [5, 5.41) is 5.60. The Kier molecular flexibility index (Phi) is 6.02. The lowest BCUT2D eigenvalue weighted by molar-refractivity contribution is 0.154. The van der Waals surface area contributed by atoms with Gasteiger partial charge in [-0.3, -0.25) is 4.40 Å². The quantitative estimate of drug-likeness (QED) is 0.723. The lowest BCUT2D eigenvalue weighted by atomic mass is 10.2. The molecule has 1 N–H and O–H groups in total. The number of anilines is 1. The van der Waals surface area contributed by atoms with Crippen molar-refractivity contribution in [2.24, 2.45) is 5.92 Å². The maximum atomic E-state index is 5.44. The van der Waals surface area contributed by atoms with Crippen LogP contribution >= 0.6 is 11.3 Å². The van der Waals surface area contributed by atoms with Gasteiger partial charge in [-0.15, -0.1) is 11.3 Å². The van der Waals surface area contributed by atoms with Crippen LogP contribution in [0.1, 0.15) is 26.5 Å². The molecule has 0 bridgehead atoms. The smallest absolute Gasteiger partial charge is 0.195 e. The van der Waals surface area contributed by atoms with Gasteiger partial charge in [0.15, 0.2) is 10.8 Å². The van der Waals surface area contributed by atoms with E-state index < -0.39 is 0 Å². The SMILES string of the molecule is CCOCCN(C)c1nc2sccn2c1CNCC(C)C. The summed E-state index contributed by atoms with van der Waals surface area (Å²) in [6.45, 7) is 10.7. The van der Waals surface area contributed by atoms with E-state index in [0.717, 1.165) is 43.6 Å². The van der Waals surface area contributed by atoms with Crippen molar-refractivity contribution in [3.63, 3.8) is 0 Å². The van der Waals surface area contributed by atoms with Gasteiger partial charge in [-0.1, -0.05) is 13.8 Å². The molecular formula is C15H26N4OS. The lowest BCUT2D eigenvalue weighted by Gasteiger charge is -2.18. The highest BCUT2D eigenvalue weighted by Crippen LogP contribution is 2.23. The van der Waals surface area contributed by atoms with Gasteiger partial charge in [-0.05, 0) is 19.4 Å². The van der Waals surface area contributed by atoms with Gasteiger partial charge in [-0.2, -0.15) is 0 Å². The minimum Gasteiger partial charge on any atom is -0.380 e. The molecule has 0 aliphatic rings. The van der Waals surface area contributed by atoms with Gasteiger partial charge in [-0.25, -0.2) is 4.98 Å². The first kappa shape index (κ1) is 16.3. The predicted molar refractivity (Wildman–Crippen MR) is 89.4 cm³/mol. The summed E-state index contributed by atoms with van der Waals surface area (Å²) in [5.74, 6) is 1.70. The Hall–Kier alpha value is -1.11. The Morgan fingerprint density at radius 2 is 2.29 bits per heavy atom. The van der Waals surface area contributed by atoms with Crippen LogP contribution in [0.3, 0.4) is 0 Å². The first-order valence-corrected chi connectivity index (χ1v) is 8.45. The molecule has 118 valence electrons. The molecule has 0 radical (unpaired) electrons. The van der Waals surface area contributed by atoms with E-state index in [1.54, 1.807) is 11.3 Å². The Labute approximate surface area is 130 Å². The van der Waals surface area contributed by atoms with Crippen molar-refractivity contribution in [2.75, 3.05) is 38.3 Å². The van der Waals surface area contributed by atoms with E-state index in [0.29, 0.717) is 5.92 Å². The van der Waals surface area contributed by atoms with E-state index >= 15 is 0 Å². The summed E-state index contributed by atoms with van der Waals surface area (Å²) < 4.78 is 7.63. The van der Waals surface area contributed by atoms with Crippen molar-refractivity contribution in [3.05, 3.63) is 17.3 Å². The van der Waals surface area contributed by atoms with Gasteiger partial charge >= 0.3 is 0 Å². The molecule has 21 heavy (non-hydrogen) atoms. The van der Waals surface area contributed by atoms with Crippen LogP contribution < -0.4 is 10.2 Å². The molecule has 5 nitrogen and oxygen atoms in total. The summed E-state index contributed by atoms with van der Waals surface area (Å²) in [6, 6.07) is 0. The number of nitrogens with zero attached hydrogens (tertiary/aromatic N) is 3. The molecule has 0 aliphatic carbocycles. The van der Waals surface area contributed by atoms with Gasteiger partial charge in [0.05, 0.1) is 12.3 Å². The van der Waals surface area contributed by atoms with Crippen molar-refractivity contribution in [1.82, 2.24) is 14.7 Å². The summed E-state index contributed by atoms with van der Waals surface area (Å²) >= 11 is 1.67. The molecule has 0 fully saturated rings. The normalized spacial score (nSPS) is 11.7. The van der Waals surface area contributed by atoms with Crippen LogP contribution in [0.4, 0.5) is 5.82 Å². The zero-order valence-corrected chi connectivity index (χ0v) is 14.2. The summed E-state index contributed by atoms with van der Waals surface area (Å²) in [7, 11) is 2.08. The van der Waals surface area contributed by atoms with Crippen LogP contribution in [0.2, 0.25) is 0 Å². The predicted octanol–water partition coefficient (Wildman–Crippen LogP) is 2.61. The second-order valence-electron chi connectivity index (χ2n) is 5.58. The van der Waals surface area contributed by atoms with E-state index in [9.17, 15) is 0 Å². The number of aromatic nitrogens is 2. The van der Waals surface area contributed by atoms with Crippen LogP contribution in [0.15, 0.2) is 11.6 Å². The minimum absolute atomic E-state index is 0.648. The summed E-state index contributed by atoms with van der Waals surface area (Å²) in [5.41, 5.74) is 1.23. The summed E-state index contributed by atoms with van der Waals surface area (Å²) in [6.07, 6.45) is 2.10. The van der Waals surface area contributed by atoms with E-state index in [2.05, 4.69) is 47.1 Å².